The molecule has 0 heterocycles. The van der Waals surface area contributed by atoms with Crippen LogP contribution in [0.1, 0.15) is 11.1 Å². The van der Waals surface area contributed by atoms with Gasteiger partial charge in [-0.2, -0.15) is 0 Å². The maximum absolute atomic E-state index is 10.8. The molecule has 110 valence electrons. The first-order valence-electron chi connectivity index (χ1n) is 6.48. The summed E-state index contributed by atoms with van der Waals surface area (Å²) < 4.78 is 5.03. The molecule has 3 N–H and O–H groups in total. The topological polar surface area (TPSA) is 90.4 Å². The van der Waals surface area contributed by atoms with Crippen molar-refractivity contribution in [3.8, 4) is 5.75 Å². The molecule has 0 spiro atoms. The van der Waals surface area contributed by atoms with Gasteiger partial charge in [-0.25, -0.2) is 0 Å². The van der Waals surface area contributed by atoms with Crippen LogP contribution < -0.4 is 15.8 Å². The van der Waals surface area contributed by atoms with E-state index in [1.165, 1.54) is 13.2 Å². The van der Waals surface area contributed by atoms with Crippen molar-refractivity contribution in [2.24, 2.45) is 5.73 Å². The number of nitro groups is 1. The number of nitrogens with two attached hydrogens (primary N) is 1. The molecule has 0 saturated carbocycles. The summed E-state index contributed by atoms with van der Waals surface area (Å²) in [5, 5.41) is 14.0. The highest BCUT2D eigenvalue weighted by Crippen LogP contribution is 2.29. The normalized spacial score (nSPS) is 10.2. The number of nitrogens with zero attached hydrogens (tertiary/aromatic N) is 1. The average molecular weight is 287 g/mol. The zero-order chi connectivity index (χ0) is 15.2. The van der Waals surface area contributed by atoms with Gasteiger partial charge in [0.05, 0.1) is 12.0 Å². The molecule has 6 nitrogen and oxygen atoms in total. The number of hydrogen-bond acceptors (Lipinski definition) is 5. The van der Waals surface area contributed by atoms with E-state index in [0.717, 1.165) is 16.8 Å². The van der Waals surface area contributed by atoms with Crippen molar-refractivity contribution in [2.45, 2.75) is 13.1 Å². The Morgan fingerprint density at radius 1 is 1.19 bits per heavy atom. The fourth-order valence-corrected chi connectivity index (χ4v) is 1.94. The van der Waals surface area contributed by atoms with Crippen molar-refractivity contribution < 1.29 is 9.66 Å². The highest BCUT2D eigenvalue weighted by molar-refractivity contribution is 5.58. The lowest BCUT2D eigenvalue weighted by Gasteiger charge is -2.09. The quantitative estimate of drug-likeness (QED) is 0.629. The average Bonchev–Trinajstić information content (AvgIpc) is 2.52. The molecule has 2 aromatic carbocycles. The molecule has 0 aliphatic carbocycles. The van der Waals surface area contributed by atoms with E-state index in [9.17, 15) is 10.1 Å². The number of rotatable bonds is 6. The predicted octanol–water partition coefficient (Wildman–Crippen LogP) is 2.67. The van der Waals surface area contributed by atoms with Crippen molar-refractivity contribution in [3.63, 3.8) is 0 Å². The lowest BCUT2D eigenvalue weighted by Crippen LogP contribution is -2.02. The molecular formula is C15H17N3O3. The van der Waals surface area contributed by atoms with Crippen molar-refractivity contribution in [1.82, 2.24) is 0 Å². The van der Waals surface area contributed by atoms with Crippen LogP contribution in [0.15, 0.2) is 42.5 Å². The maximum atomic E-state index is 10.8. The third kappa shape index (κ3) is 3.70. The molecule has 6 heteroatoms. The summed E-state index contributed by atoms with van der Waals surface area (Å²) in [5.74, 6) is 0.239. The van der Waals surface area contributed by atoms with Crippen molar-refractivity contribution >= 4 is 11.4 Å². The van der Waals surface area contributed by atoms with Gasteiger partial charge < -0.3 is 15.8 Å². The Hall–Kier alpha value is -2.60. The van der Waals surface area contributed by atoms with E-state index < -0.39 is 4.92 Å². The van der Waals surface area contributed by atoms with Gasteiger partial charge in [-0.1, -0.05) is 24.3 Å². The van der Waals surface area contributed by atoms with Crippen LogP contribution in [0.2, 0.25) is 0 Å². The van der Waals surface area contributed by atoms with E-state index in [4.69, 9.17) is 10.5 Å². The van der Waals surface area contributed by atoms with Gasteiger partial charge in [0.25, 0.3) is 0 Å². The molecule has 2 rings (SSSR count). The van der Waals surface area contributed by atoms with Gasteiger partial charge in [-0.3, -0.25) is 10.1 Å². The van der Waals surface area contributed by atoms with Gasteiger partial charge in [0.15, 0.2) is 5.75 Å². The van der Waals surface area contributed by atoms with E-state index >= 15 is 0 Å². The SMILES string of the molecule is COc1cc(NCc2ccc(CN)cc2)ccc1[N+](=O)[O-]. The summed E-state index contributed by atoms with van der Waals surface area (Å²) in [4.78, 5) is 10.4. The molecule has 0 aliphatic heterocycles. The zero-order valence-electron chi connectivity index (χ0n) is 11.7. The van der Waals surface area contributed by atoms with Crippen LogP contribution in [0.5, 0.6) is 5.75 Å². The van der Waals surface area contributed by atoms with Gasteiger partial charge >= 0.3 is 5.69 Å². The number of ether oxygens (including phenoxy) is 1. The molecule has 2 aromatic rings. The summed E-state index contributed by atoms with van der Waals surface area (Å²) >= 11 is 0. The predicted molar refractivity (Wildman–Crippen MR) is 81.3 cm³/mol. The minimum atomic E-state index is -0.464. The minimum absolute atomic E-state index is 0.0460. The molecular weight excluding hydrogens is 270 g/mol. The van der Waals surface area contributed by atoms with E-state index in [1.807, 2.05) is 24.3 Å². The van der Waals surface area contributed by atoms with Gasteiger partial charge in [0.2, 0.25) is 0 Å². The molecule has 0 atom stereocenters. The lowest BCUT2D eigenvalue weighted by molar-refractivity contribution is -0.385. The van der Waals surface area contributed by atoms with Crippen LogP contribution in [0, 0.1) is 10.1 Å². The summed E-state index contributed by atoms with van der Waals surface area (Å²) in [6.45, 7) is 1.14. The first-order valence-corrected chi connectivity index (χ1v) is 6.48. The van der Waals surface area contributed by atoms with Crippen LogP contribution in [0.25, 0.3) is 0 Å². The number of benzene rings is 2. The molecule has 0 amide bonds. The van der Waals surface area contributed by atoms with Gasteiger partial charge in [0, 0.05) is 30.9 Å². The molecule has 0 saturated heterocycles. The standard InChI is InChI=1S/C15H17N3O3/c1-21-15-8-13(6-7-14(15)18(19)20)17-10-12-4-2-11(9-16)3-5-12/h2-8,17H,9-10,16H2,1H3. The summed E-state index contributed by atoms with van der Waals surface area (Å²) in [6.07, 6.45) is 0. The molecule has 0 aromatic heterocycles. The molecule has 0 bridgehead atoms. The number of anilines is 1. The Morgan fingerprint density at radius 2 is 1.86 bits per heavy atom. The van der Waals surface area contributed by atoms with Crippen LogP contribution in [0.4, 0.5) is 11.4 Å². The molecule has 0 unspecified atom stereocenters. The van der Waals surface area contributed by atoms with Gasteiger partial charge in [0.1, 0.15) is 0 Å². The van der Waals surface area contributed by atoms with Crippen molar-refractivity contribution in [3.05, 3.63) is 63.7 Å². The second kappa shape index (κ2) is 6.71. The Bertz CT molecular complexity index is 627. The molecule has 21 heavy (non-hydrogen) atoms. The Labute approximate surface area is 122 Å². The second-order valence-corrected chi connectivity index (χ2v) is 4.52. The van der Waals surface area contributed by atoms with E-state index in [-0.39, 0.29) is 11.4 Å². The third-order valence-electron chi connectivity index (χ3n) is 3.13. The van der Waals surface area contributed by atoms with Gasteiger partial charge in [-0.05, 0) is 17.2 Å². The van der Waals surface area contributed by atoms with E-state index in [2.05, 4.69) is 5.32 Å². The summed E-state index contributed by atoms with van der Waals surface area (Å²) in [7, 11) is 1.41. The van der Waals surface area contributed by atoms with Crippen LogP contribution in [-0.4, -0.2) is 12.0 Å². The largest absolute Gasteiger partial charge is 0.490 e. The zero-order valence-corrected chi connectivity index (χ0v) is 11.7. The highest BCUT2D eigenvalue weighted by atomic mass is 16.6. The number of hydrogen-bond donors (Lipinski definition) is 2. The van der Waals surface area contributed by atoms with Crippen molar-refractivity contribution in [1.29, 1.82) is 0 Å². The first kappa shape index (κ1) is 14.8. The Balaban J connectivity index is 2.07. The molecule has 0 fully saturated rings. The Morgan fingerprint density at radius 3 is 2.43 bits per heavy atom. The van der Waals surface area contributed by atoms with E-state index in [1.54, 1.807) is 12.1 Å². The smallest absolute Gasteiger partial charge is 0.311 e. The van der Waals surface area contributed by atoms with E-state index in [0.29, 0.717) is 13.1 Å². The number of nitro benzene ring substituents is 1. The van der Waals surface area contributed by atoms with Crippen LogP contribution >= 0.6 is 0 Å². The van der Waals surface area contributed by atoms with Gasteiger partial charge in [-0.15, -0.1) is 0 Å². The highest BCUT2D eigenvalue weighted by Gasteiger charge is 2.14. The van der Waals surface area contributed by atoms with Crippen LogP contribution in [-0.2, 0) is 13.1 Å². The third-order valence-corrected chi connectivity index (χ3v) is 3.13. The van der Waals surface area contributed by atoms with Crippen LogP contribution in [0.3, 0.4) is 0 Å². The lowest BCUT2D eigenvalue weighted by atomic mass is 10.1. The minimum Gasteiger partial charge on any atom is -0.490 e. The maximum Gasteiger partial charge on any atom is 0.311 e. The summed E-state index contributed by atoms with van der Waals surface area (Å²) in [5.41, 5.74) is 8.45. The fraction of sp³-hybridized carbons (Fsp3) is 0.200. The number of methoxy groups -OCH3 is 1. The monoisotopic (exact) mass is 287 g/mol. The van der Waals surface area contributed by atoms with Crippen molar-refractivity contribution in [2.75, 3.05) is 12.4 Å². The first-order chi connectivity index (χ1) is 10.1. The summed E-state index contributed by atoms with van der Waals surface area (Å²) in [6, 6.07) is 12.7. The Kier molecular flexibility index (Phi) is 4.73. The molecule has 0 radical (unpaired) electrons. The number of nitrogens with one attached hydrogen (secondary N) is 1. The fourth-order valence-electron chi connectivity index (χ4n) is 1.94. The second-order valence-electron chi connectivity index (χ2n) is 4.52. The molecule has 0 aliphatic rings.